The number of alkyl halides is 3. The Morgan fingerprint density at radius 3 is 2.70 bits per heavy atom. The molecule has 2 unspecified atom stereocenters. The van der Waals surface area contributed by atoms with E-state index < -0.39 is 6.36 Å². The van der Waals surface area contributed by atoms with Crippen LogP contribution in [0.25, 0.3) is 0 Å². The Balaban J connectivity index is 1.99. The van der Waals surface area contributed by atoms with Crippen molar-refractivity contribution in [1.82, 2.24) is 0 Å². The van der Waals surface area contributed by atoms with Crippen molar-refractivity contribution in [1.29, 1.82) is 0 Å². The minimum Gasteiger partial charge on any atom is -0.406 e. The van der Waals surface area contributed by atoms with Crippen LogP contribution in [-0.4, -0.2) is 18.3 Å². The van der Waals surface area contributed by atoms with Gasteiger partial charge in [0.2, 0.25) is 5.91 Å². The molecule has 1 aromatic rings. The number of hydrogen-bond acceptors (Lipinski definition) is 3. The smallest absolute Gasteiger partial charge is 0.406 e. The molecule has 0 aliphatic heterocycles. The lowest BCUT2D eigenvalue weighted by Gasteiger charge is -2.13. The number of carbonyl (C=O) groups excluding carboxylic acids is 1. The molecule has 0 saturated heterocycles. The maximum absolute atomic E-state index is 12.1. The van der Waals surface area contributed by atoms with Crippen molar-refractivity contribution in [2.24, 2.45) is 11.7 Å². The second kappa shape index (κ2) is 5.70. The molecule has 3 N–H and O–H groups in total. The van der Waals surface area contributed by atoms with Gasteiger partial charge in [0.15, 0.2) is 0 Å². The van der Waals surface area contributed by atoms with Gasteiger partial charge in [-0.1, -0.05) is 6.07 Å². The predicted molar refractivity (Wildman–Crippen MR) is 67.1 cm³/mol. The molecule has 1 aliphatic rings. The van der Waals surface area contributed by atoms with Crippen molar-refractivity contribution in [3.63, 3.8) is 0 Å². The number of nitrogens with one attached hydrogen (secondary N) is 1. The van der Waals surface area contributed by atoms with E-state index in [4.69, 9.17) is 5.73 Å². The zero-order valence-corrected chi connectivity index (χ0v) is 10.6. The molecule has 0 bridgehead atoms. The van der Waals surface area contributed by atoms with Crippen LogP contribution in [-0.2, 0) is 4.79 Å². The molecule has 0 spiro atoms. The zero-order chi connectivity index (χ0) is 14.8. The van der Waals surface area contributed by atoms with Crippen LogP contribution < -0.4 is 15.8 Å². The van der Waals surface area contributed by atoms with Crippen molar-refractivity contribution in [2.75, 3.05) is 5.32 Å². The maximum Gasteiger partial charge on any atom is 0.573 e. The zero-order valence-electron chi connectivity index (χ0n) is 10.6. The highest BCUT2D eigenvalue weighted by molar-refractivity contribution is 5.92. The third-order valence-corrected chi connectivity index (χ3v) is 3.18. The van der Waals surface area contributed by atoms with Gasteiger partial charge in [0.1, 0.15) is 5.75 Å². The molecule has 1 aliphatic carbocycles. The van der Waals surface area contributed by atoms with Gasteiger partial charge in [-0.15, -0.1) is 13.2 Å². The van der Waals surface area contributed by atoms with Crippen LogP contribution in [0.5, 0.6) is 5.75 Å². The molecule has 2 atom stereocenters. The largest absolute Gasteiger partial charge is 0.573 e. The van der Waals surface area contributed by atoms with Gasteiger partial charge in [0, 0.05) is 23.7 Å². The molecule has 1 fully saturated rings. The summed E-state index contributed by atoms with van der Waals surface area (Å²) in [6, 6.07) is 5.23. The second-order valence-corrected chi connectivity index (χ2v) is 4.83. The second-order valence-electron chi connectivity index (χ2n) is 4.83. The first-order valence-electron chi connectivity index (χ1n) is 6.26. The van der Waals surface area contributed by atoms with Crippen LogP contribution in [0, 0.1) is 5.92 Å². The standard InChI is InChI=1S/C13H15F3N2O2/c14-13(15,16)20-11-3-1-2-10(7-11)18-12(19)8-4-5-9(17)6-8/h1-3,7-9H,4-6,17H2,(H,18,19). The summed E-state index contributed by atoms with van der Waals surface area (Å²) in [5, 5.41) is 2.59. The number of nitrogens with two attached hydrogens (primary N) is 1. The SMILES string of the molecule is NC1CCC(C(=O)Nc2cccc(OC(F)(F)F)c2)C1. The van der Waals surface area contributed by atoms with Crippen molar-refractivity contribution in [3.8, 4) is 5.75 Å². The van der Waals surface area contributed by atoms with Gasteiger partial charge in [-0.25, -0.2) is 0 Å². The van der Waals surface area contributed by atoms with Gasteiger partial charge < -0.3 is 15.8 Å². The Labute approximate surface area is 114 Å². The number of halogens is 3. The summed E-state index contributed by atoms with van der Waals surface area (Å²) in [6.45, 7) is 0. The Morgan fingerprint density at radius 2 is 2.10 bits per heavy atom. The van der Waals surface area contributed by atoms with Gasteiger partial charge in [-0.05, 0) is 31.4 Å². The minimum absolute atomic E-state index is 0.0191. The van der Waals surface area contributed by atoms with Crippen molar-refractivity contribution >= 4 is 11.6 Å². The highest BCUT2D eigenvalue weighted by Crippen LogP contribution is 2.28. The number of amides is 1. The summed E-state index contributed by atoms with van der Waals surface area (Å²) in [4.78, 5) is 11.9. The number of benzene rings is 1. The molecule has 110 valence electrons. The number of ether oxygens (including phenoxy) is 1. The molecule has 1 saturated carbocycles. The van der Waals surface area contributed by atoms with E-state index in [0.29, 0.717) is 12.8 Å². The highest BCUT2D eigenvalue weighted by Gasteiger charge is 2.31. The molecule has 2 rings (SSSR count). The Morgan fingerprint density at radius 1 is 1.35 bits per heavy atom. The number of carbonyl (C=O) groups is 1. The van der Waals surface area contributed by atoms with Crippen LogP contribution in [0.4, 0.5) is 18.9 Å². The van der Waals surface area contributed by atoms with Gasteiger partial charge >= 0.3 is 6.36 Å². The summed E-state index contributed by atoms with van der Waals surface area (Å²) < 4.78 is 40.1. The molecular weight excluding hydrogens is 273 g/mol. The third kappa shape index (κ3) is 4.12. The van der Waals surface area contributed by atoms with E-state index >= 15 is 0 Å². The fraction of sp³-hybridized carbons (Fsp3) is 0.462. The van der Waals surface area contributed by atoms with Crippen molar-refractivity contribution in [3.05, 3.63) is 24.3 Å². The average Bonchev–Trinajstić information content (AvgIpc) is 2.74. The summed E-state index contributed by atoms with van der Waals surface area (Å²) in [7, 11) is 0. The first-order valence-corrected chi connectivity index (χ1v) is 6.26. The normalized spacial score (nSPS) is 22.6. The van der Waals surface area contributed by atoms with E-state index in [-0.39, 0.29) is 29.3 Å². The molecule has 7 heteroatoms. The monoisotopic (exact) mass is 288 g/mol. The maximum atomic E-state index is 12.1. The molecule has 20 heavy (non-hydrogen) atoms. The summed E-state index contributed by atoms with van der Waals surface area (Å²) >= 11 is 0. The summed E-state index contributed by atoms with van der Waals surface area (Å²) in [5.74, 6) is -0.766. The van der Waals surface area contributed by atoms with Crippen LogP contribution in [0.1, 0.15) is 19.3 Å². The van der Waals surface area contributed by atoms with Gasteiger partial charge in [-0.2, -0.15) is 0 Å². The fourth-order valence-electron chi connectivity index (χ4n) is 2.27. The lowest BCUT2D eigenvalue weighted by molar-refractivity contribution is -0.274. The minimum atomic E-state index is -4.75. The van der Waals surface area contributed by atoms with Crippen LogP contribution in [0.15, 0.2) is 24.3 Å². The van der Waals surface area contributed by atoms with E-state index in [1.165, 1.54) is 18.2 Å². The first-order chi connectivity index (χ1) is 9.33. The lowest BCUT2D eigenvalue weighted by Crippen LogP contribution is -2.23. The highest BCUT2D eigenvalue weighted by atomic mass is 19.4. The van der Waals surface area contributed by atoms with Crippen molar-refractivity contribution in [2.45, 2.75) is 31.7 Å². The van der Waals surface area contributed by atoms with Gasteiger partial charge in [-0.3, -0.25) is 4.79 Å². The predicted octanol–water partition coefficient (Wildman–Crippen LogP) is 2.65. The lowest BCUT2D eigenvalue weighted by atomic mass is 10.1. The molecule has 0 aromatic heterocycles. The number of hydrogen-bond donors (Lipinski definition) is 2. The Kier molecular flexibility index (Phi) is 4.17. The fourth-order valence-corrected chi connectivity index (χ4v) is 2.27. The molecule has 4 nitrogen and oxygen atoms in total. The quantitative estimate of drug-likeness (QED) is 0.898. The topological polar surface area (TPSA) is 64.4 Å². The molecule has 1 aromatic carbocycles. The van der Waals surface area contributed by atoms with Crippen LogP contribution >= 0.6 is 0 Å². The number of anilines is 1. The Hall–Kier alpha value is -1.76. The van der Waals surface area contributed by atoms with Crippen LogP contribution in [0.2, 0.25) is 0 Å². The molecule has 0 radical (unpaired) electrons. The average molecular weight is 288 g/mol. The van der Waals surface area contributed by atoms with E-state index in [9.17, 15) is 18.0 Å². The van der Waals surface area contributed by atoms with E-state index in [2.05, 4.69) is 10.1 Å². The van der Waals surface area contributed by atoms with E-state index in [1.807, 2.05) is 0 Å². The van der Waals surface area contributed by atoms with E-state index in [1.54, 1.807) is 0 Å². The Bertz CT molecular complexity index is 491. The number of rotatable bonds is 3. The summed E-state index contributed by atoms with van der Waals surface area (Å²) in [6.07, 6.45) is -2.66. The summed E-state index contributed by atoms with van der Waals surface area (Å²) in [5.41, 5.74) is 6.00. The third-order valence-electron chi connectivity index (χ3n) is 3.18. The molecule has 0 heterocycles. The van der Waals surface area contributed by atoms with Gasteiger partial charge in [0.25, 0.3) is 0 Å². The molecule has 1 amide bonds. The van der Waals surface area contributed by atoms with Gasteiger partial charge in [0.05, 0.1) is 0 Å². The van der Waals surface area contributed by atoms with Crippen molar-refractivity contribution < 1.29 is 22.7 Å². The van der Waals surface area contributed by atoms with Crippen LogP contribution in [0.3, 0.4) is 0 Å². The molecular formula is C13H15F3N2O2. The first kappa shape index (κ1) is 14.6. The van der Waals surface area contributed by atoms with E-state index in [0.717, 1.165) is 12.5 Å².